The Morgan fingerprint density at radius 3 is 1.32 bits per heavy atom. The lowest BCUT2D eigenvalue weighted by molar-refractivity contribution is -0.146. The van der Waals surface area contributed by atoms with E-state index in [1.165, 1.54) is 0 Å². The summed E-state index contributed by atoms with van der Waals surface area (Å²) in [5.74, 6) is -21.9. The molecule has 6 atom stereocenters. The Hall–Kier alpha value is -9.14. The van der Waals surface area contributed by atoms with Crippen molar-refractivity contribution in [3.05, 3.63) is 48.0 Å². The van der Waals surface area contributed by atoms with E-state index in [0.29, 0.717) is 31.2 Å². The number of amides is 3. The molecule has 1 saturated heterocycles. The van der Waals surface area contributed by atoms with Crippen molar-refractivity contribution in [2.75, 3.05) is 85.1 Å². The number of hydrogen-bond donors (Lipinski definition) is 12. The topological polar surface area (TPSA) is 504 Å². The van der Waals surface area contributed by atoms with Crippen LogP contribution < -0.4 is 16.0 Å². The summed E-state index contributed by atoms with van der Waals surface area (Å²) in [5, 5.41) is 95.7. The molecule has 101 heavy (non-hydrogen) atoms. The summed E-state index contributed by atoms with van der Waals surface area (Å²) in [6.07, 6.45) is -4.60. The van der Waals surface area contributed by atoms with Crippen molar-refractivity contribution in [3.8, 4) is 0 Å². The van der Waals surface area contributed by atoms with E-state index < -0.39 is 189 Å². The Kier molecular flexibility index (Phi) is 36.9. The van der Waals surface area contributed by atoms with Gasteiger partial charge in [0.2, 0.25) is 17.7 Å². The number of nitrogens with one attached hydrogen (secondary N) is 3. The zero-order valence-electron chi connectivity index (χ0n) is 56.8. The predicted octanol–water partition coefficient (Wildman–Crippen LogP) is 2.63. The van der Waals surface area contributed by atoms with Crippen molar-refractivity contribution in [2.45, 2.75) is 153 Å². The number of hydrogen-bond acceptors (Lipinski definition) is 20. The molecule has 2 aromatic rings. The maximum Gasteiger partial charge on any atom is 0.317 e. The molecule has 0 radical (unpaired) electrons. The van der Waals surface area contributed by atoms with Gasteiger partial charge in [-0.25, -0.2) is 0 Å². The van der Waals surface area contributed by atoms with Gasteiger partial charge in [0.1, 0.15) is 11.6 Å². The first-order chi connectivity index (χ1) is 47.8. The van der Waals surface area contributed by atoms with Crippen molar-refractivity contribution in [3.63, 3.8) is 0 Å². The number of unbranched alkanes of at least 4 members (excludes halogenated alkanes) is 2. The molecule has 0 aromatic heterocycles. The van der Waals surface area contributed by atoms with Crippen molar-refractivity contribution in [2.24, 2.45) is 35.5 Å². The maximum absolute atomic E-state index is 14.7. The molecule has 2 fully saturated rings. The molecule has 32 heteroatoms. The molecule has 0 spiro atoms. The standard InChI is InChI=1S/C69H97N7O25/c77-52(35-50(69(100)101)17-21-60(84)85)34-49(68(98)99)8-2-1-3-9-55(78)53(18-22-61(86)87)71-66(96)48(16-20-59(82)83)36-57(80)54(19-23-62(88)89)72-67(97)51(33-44-12-13-45-6-4-5-7-47(45)32-44)37-56(79)46-14-10-43(11-15-46)38-70-58(81)39-73-24-26-74(40-63(90)91)28-30-76(42-65(94)95)31-29-75(27-25-73)41-64(92)93/h4-7,12-13,32,43,46,48-51,53-54H,1-3,8-11,14-31,33-42H2,(H,70,81)(H,71,96)(H,72,97)(H,82,83)(H,84,85)(H,86,87)(H,88,89)(H,90,91)(H,92,93)(H,94,95)(H,98,99)(H,100,101)/t43?,46?,48-,49-,50-,51-,53+,54+/m1/s1. The molecule has 2 aliphatic rings. The van der Waals surface area contributed by atoms with Gasteiger partial charge in [-0.15, -0.1) is 0 Å². The molecule has 32 nitrogen and oxygen atoms in total. The van der Waals surface area contributed by atoms with Crippen LogP contribution in [0.3, 0.4) is 0 Å². The summed E-state index contributed by atoms with van der Waals surface area (Å²) >= 11 is 0. The van der Waals surface area contributed by atoms with Crippen LogP contribution >= 0.6 is 0 Å². The molecule has 1 saturated carbocycles. The van der Waals surface area contributed by atoms with Crippen molar-refractivity contribution in [1.82, 2.24) is 35.6 Å². The number of carbonyl (C=O) groups is 16. The van der Waals surface area contributed by atoms with Crippen molar-refractivity contribution in [1.29, 1.82) is 0 Å². The summed E-state index contributed by atoms with van der Waals surface area (Å²) < 4.78 is 0. The number of fused-ring (bicyclic) bond motifs is 1. The minimum atomic E-state index is -1.60. The summed E-state index contributed by atoms with van der Waals surface area (Å²) in [6.45, 7) is 0.883. The number of rotatable bonds is 47. The lowest BCUT2D eigenvalue weighted by atomic mass is 9.77. The molecular weight excluding hydrogens is 1330 g/mol. The van der Waals surface area contributed by atoms with E-state index in [1.54, 1.807) is 25.7 Å². The third kappa shape index (κ3) is 33.7. The summed E-state index contributed by atoms with van der Waals surface area (Å²) in [7, 11) is 0. The van der Waals surface area contributed by atoms with Gasteiger partial charge in [-0.2, -0.15) is 0 Å². The molecule has 1 aliphatic heterocycles. The van der Waals surface area contributed by atoms with Crippen LogP contribution in [0, 0.1) is 35.5 Å². The largest absolute Gasteiger partial charge is 0.481 e. The molecule has 0 bridgehead atoms. The highest BCUT2D eigenvalue weighted by Crippen LogP contribution is 2.32. The molecule has 12 N–H and O–H groups in total. The average Bonchev–Trinajstić information content (AvgIpc) is 0.832. The lowest BCUT2D eigenvalue weighted by Gasteiger charge is -2.33. The molecule has 1 aliphatic carbocycles. The first-order valence-corrected chi connectivity index (χ1v) is 34.2. The van der Waals surface area contributed by atoms with E-state index in [4.69, 9.17) is 5.11 Å². The minimum absolute atomic E-state index is 0.0180. The number of Topliss-reactive ketones (excluding diaryl/α,β-unsaturated/α-hetero) is 4. The fourth-order valence-corrected chi connectivity index (χ4v) is 12.7. The van der Waals surface area contributed by atoms with Crippen LogP contribution in [-0.4, -0.2) is 257 Å². The van der Waals surface area contributed by atoms with Gasteiger partial charge < -0.3 is 61.9 Å². The van der Waals surface area contributed by atoms with Crippen LogP contribution in [0.2, 0.25) is 0 Å². The monoisotopic (exact) mass is 1420 g/mol. The Morgan fingerprint density at radius 1 is 0.406 bits per heavy atom. The second-order valence-corrected chi connectivity index (χ2v) is 26.4. The van der Waals surface area contributed by atoms with Gasteiger partial charge in [0.15, 0.2) is 11.6 Å². The summed E-state index contributed by atoms with van der Waals surface area (Å²) in [4.78, 5) is 210. The highest BCUT2D eigenvalue weighted by atomic mass is 16.4. The van der Waals surface area contributed by atoms with E-state index >= 15 is 0 Å². The Morgan fingerprint density at radius 2 is 0.842 bits per heavy atom. The molecule has 2 aromatic carbocycles. The Bertz CT molecular complexity index is 3190. The van der Waals surface area contributed by atoms with Crippen LogP contribution in [-0.2, 0) is 83.1 Å². The number of nitrogens with zero attached hydrogens (tertiary/aromatic N) is 4. The SMILES string of the molecule is O=C(O)CC[C@H](CC(=O)C[C@@H](CCCCCC(=O)[C@H](CCC(=O)O)NC(=O)[C@H](CCC(=O)O)CC(=O)[C@H](CCC(=O)O)NC(=O)[C@@H](CC(=O)C1CCC(CNC(=O)CN2CCN(CC(=O)O)CCN(CC(=O)O)CCN(CC(=O)O)CC2)CC1)Cc1ccc2ccccc2c1)C(=O)O)C(=O)O. The van der Waals surface area contributed by atoms with E-state index in [0.717, 1.165) is 10.8 Å². The van der Waals surface area contributed by atoms with Crippen LogP contribution in [0.1, 0.15) is 140 Å². The second-order valence-electron chi connectivity index (χ2n) is 26.4. The highest BCUT2D eigenvalue weighted by molar-refractivity contribution is 5.96. The number of carboxylic acid groups (broad SMARTS) is 9. The van der Waals surface area contributed by atoms with Crippen molar-refractivity contribution < 1.29 is 123 Å². The molecular formula is C69H97N7O25. The fraction of sp³-hybridized carbons (Fsp3) is 0.623. The van der Waals surface area contributed by atoms with Crippen LogP contribution in [0.4, 0.5) is 0 Å². The van der Waals surface area contributed by atoms with Gasteiger partial charge in [-0.1, -0.05) is 55.3 Å². The van der Waals surface area contributed by atoms with Gasteiger partial charge in [0.05, 0.1) is 50.1 Å². The van der Waals surface area contributed by atoms with E-state index in [1.807, 2.05) is 36.4 Å². The second kappa shape index (κ2) is 44.2. The Labute approximate surface area is 583 Å². The van der Waals surface area contributed by atoms with Gasteiger partial charge in [0.25, 0.3) is 0 Å². The third-order valence-corrected chi connectivity index (χ3v) is 18.4. The number of benzene rings is 2. The molecule has 4 rings (SSSR count). The minimum Gasteiger partial charge on any atom is -0.481 e. The highest BCUT2D eigenvalue weighted by Gasteiger charge is 2.36. The van der Waals surface area contributed by atoms with Gasteiger partial charge in [-0.05, 0) is 92.9 Å². The molecule has 0 unspecified atom stereocenters. The zero-order chi connectivity index (χ0) is 74.7. The lowest BCUT2D eigenvalue weighted by Crippen LogP contribution is -2.50. The van der Waals surface area contributed by atoms with Crippen LogP contribution in [0.5, 0.6) is 0 Å². The number of aliphatic carboxylic acids is 9. The molecule has 558 valence electrons. The first-order valence-electron chi connectivity index (χ1n) is 34.2. The van der Waals surface area contributed by atoms with Gasteiger partial charge in [0, 0.05) is 134 Å². The first kappa shape index (κ1) is 84.3. The smallest absolute Gasteiger partial charge is 0.317 e. The van der Waals surface area contributed by atoms with E-state index in [9.17, 15) is 118 Å². The van der Waals surface area contributed by atoms with E-state index in [2.05, 4.69) is 16.0 Å². The number of carbonyl (C=O) groups excluding carboxylic acids is 7. The van der Waals surface area contributed by atoms with Crippen molar-refractivity contribution >= 4 is 105 Å². The van der Waals surface area contributed by atoms with Gasteiger partial charge >= 0.3 is 53.7 Å². The zero-order valence-corrected chi connectivity index (χ0v) is 56.8. The third-order valence-electron chi connectivity index (χ3n) is 18.4. The molecule has 3 amide bonds. The predicted molar refractivity (Wildman–Crippen MR) is 357 cm³/mol. The summed E-state index contributed by atoms with van der Waals surface area (Å²) in [5.41, 5.74) is 0.645. The maximum atomic E-state index is 14.7. The van der Waals surface area contributed by atoms with Crippen LogP contribution in [0.25, 0.3) is 10.8 Å². The molecule has 1 heterocycles. The average molecular weight is 1420 g/mol. The van der Waals surface area contributed by atoms with E-state index in [-0.39, 0.29) is 154 Å². The Balaban J connectivity index is 1.45. The number of ketones is 4. The van der Waals surface area contributed by atoms with Gasteiger partial charge in [-0.3, -0.25) is 96.3 Å². The van der Waals surface area contributed by atoms with Crippen LogP contribution in [0.15, 0.2) is 42.5 Å². The fourth-order valence-electron chi connectivity index (χ4n) is 12.7. The summed E-state index contributed by atoms with van der Waals surface area (Å²) in [6, 6.07) is 9.78. The quantitative estimate of drug-likeness (QED) is 0.0424. The normalized spacial score (nSPS) is 17.7. The number of carboxylic acids is 9.